The Morgan fingerprint density at radius 3 is 1.52 bits per heavy atom. The highest BCUT2D eigenvalue weighted by atomic mass is 15.0. The average Bonchev–Trinajstić information content (AvgIpc) is 3.59. The van der Waals surface area contributed by atoms with Gasteiger partial charge < -0.3 is 0 Å². The zero-order chi connectivity index (χ0) is 42.1. The molecule has 0 atom stereocenters. The summed E-state index contributed by atoms with van der Waals surface area (Å²) in [5.41, 5.74) is 16.6. The molecular formula is C58H53N3. The van der Waals surface area contributed by atoms with Crippen molar-refractivity contribution in [1.82, 2.24) is 15.0 Å². The summed E-state index contributed by atoms with van der Waals surface area (Å²) in [4.78, 5) is 15.9. The van der Waals surface area contributed by atoms with E-state index < -0.39 is 5.41 Å². The summed E-state index contributed by atoms with van der Waals surface area (Å²) in [5, 5.41) is 0. The number of rotatable bonds is 6. The molecule has 0 spiro atoms. The van der Waals surface area contributed by atoms with E-state index in [1.807, 2.05) is 6.07 Å². The maximum Gasteiger partial charge on any atom is 0.164 e. The number of fused-ring (bicyclic) bond motifs is 4. The minimum Gasteiger partial charge on any atom is -0.208 e. The molecule has 2 aliphatic carbocycles. The van der Waals surface area contributed by atoms with Crippen LogP contribution in [0.5, 0.6) is 0 Å². The Kier molecular flexibility index (Phi) is 9.11. The average molecular weight is 792 g/mol. The fourth-order valence-electron chi connectivity index (χ4n) is 10.1. The van der Waals surface area contributed by atoms with Gasteiger partial charge in [-0.3, -0.25) is 0 Å². The van der Waals surface area contributed by atoms with E-state index in [-0.39, 0.29) is 16.2 Å². The molecule has 300 valence electrons. The fraction of sp³-hybridized carbons (Fsp3) is 0.224. The van der Waals surface area contributed by atoms with Crippen LogP contribution in [0.25, 0.3) is 56.4 Å². The Morgan fingerprint density at radius 1 is 0.377 bits per heavy atom. The summed E-state index contributed by atoms with van der Waals surface area (Å²) in [6.45, 7) is 16.5. The standard InChI is InChI=1S/C58H53N3/c1-55(2,3)45-35-41(39-29-30-50-51(37-39)57(6,7)32-31-56(50,4)5)33-42(36-45)54-60-52(38-19-10-8-11-20-38)59-53(61-54)40-21-18-24-44(34-40)58(43-22-12-9-13-23-43)48-27-16-14-25-46(48)47-26-15-17-28-49(47)58/h8-30,33-37H,31-32H2,1-7H3. The van der Waals surface area contributed by atoms with Gasteiger partial charge in [0, 0.05) is 16.7 Å². The molecule has 0 saturated heterocycles. The molecule has 0 fully saturated rings. The van der Waals surface area contributed by atoms with Crippen LogP contribution >= 0.6 is 0 Å². The van der Waals surface area contributed by atoms with Crippen molar-refractivity contribution in [2.24, 2.45) is 0 Å². The molecule has 0 N–H and O–H groups in total. The van der Waals surface area contributed by atoms with Gasteiger partial charge in [-0.2, -0.15) is 0 Å². The molecule has 10 rings (SSSR count). The van der Waals surface area contributed by atoms with E-state index in [1.165, 1.54) is 74.0 Å². The van der Waals surface area contributed by atoms with Crippen LogP contribution in [0.2, 0.25) is 0 Å². The van der Waals surface area contributed by atoms with Gasteiger partial charge in [0.15, 0.2) is 17.5 Å². The monoisotopic (exact) mass is 791 g/mol. The summed E-state index contributed by atoms with van der Waals surface area (Å²) >= 11 is 0. The topological polar surface area (TPSA) is 38.7 Å². The number of hydrogen-bond acceptors (Lipinski definition) is 3. The summed E-state index contributed by atoms with van der Waals surface area (Å²) in [6, 6.07) is 62.1. The Hall–Kier alpha value is -6.45. The van der Waals surface area contributed by atoms with Gasteiger partial charge in [0.05, 0.1) is 5.41 Å². The first kappa shape index (κ1) is 38.7. The smallest absolute Gasteiger partial charge is 0.164 e. The minimum atomic E-state index is -0.531. The maximum absolute atomic E-state index is 5.40. The number of aromatic nitrogens is 3. The molecule has 7 aromatic carbocycles. The van der Waals surface area contributed by atoms with Crippen LogP contribution in [0, 0.1) is 0 Å². The lowest BCUT2D eigenvalue weighted by molar-refractivity contribution is 0.332. The number of hydrogen-bond donors (Lipinski definition) is 0. The first-order chi connectivity index (χ1) is 29.3. The Morgan fingerprint density at radius 2 is 0.885 bits per heavy atom. The van der Waals surface area contributed by atoms with Gasteiger partial charge in [-0.15, -0.1) is 0 Å². The summed E-state index contributed by atoms with van der Waals surface area (Å²) < 4.78 is 0. The van der Waals surface area contributed by atoms with Gasteiger partial charge in [-0.1, -0.05) is 200 Å². The SMILES string of the molecule is CC(C)(C)c1cc(-c2ccc3c(c2)C(C)(C)CCC3(C)C)cc(-c2nc(-c3ccccc3)nc(-c3cccc(C4(c5ccccc5)c5ccccc5-c5ccccc54)c3)n2)c1. The van der Waals surface area contributed by atoms with Crippen molar-refractivity contribution in [3.8, 4) is 56.4 Å². The molecule has 0 bridgehead atoms. The molecule has 0 radical (unpaired) electrons. The minimum absolute atomic E-state index is 0.105. The zero-order valence-corrected chi connectivity index (χ0v) is 36.4. The number of nitrogens with zero attached hydrogens (tertiary/aromatic N) is 3. The van der Waals surface area contributed by atoms with Crippen molar-refractivity contribution in [3.05, 3.63) is 209 Å². The van der Waals surface area contributed by atoms with E-state index in [0.717, 1.165) is 16.7 Å². The molecule has 1 aromatic heterocycles. The summed E-state index contributed by atoms with van der Waals surface area (Å²) in [6.07, 6.45) is 2.37. The third kappa shape index (κ3) is 6.54. The van der Waals surface area contributed by atoms with Crippen LogP contribution in [-0.2, 0) is 21.7 Å². The first-order valence-electron chi connectivity index (χ1n) is 21.8. The second-order valence-corrected chi connectivity index (χ2v) is 19.5. The molecule has 0 aliphatic heterocycles. The zero-order valence-electron chi connectivity index (χ0n) is 36.4. The first-order valence-corrected chi connectivity index (χ1v) is 21.8. The quantitative estimate of drug-likeness (QED) is 0.168. The molecule has 0 unspecified atom stereocenters. The van der Waals surface area contributed by atoms with Crippen molar-refractivity contribution in [1.29, 1.82) is 0 Å². The highest BCUT2D eigenvalue weighted by Gasteiger charge is 2.46. The lowest BCUT2D eigenvalue weighted by Gasteiger charge is -2.42. The van der Waals surface area contributed by atoms with E-state index in [0.29, 0.717) is 17.5 Å². The Labute approximate surface area is 361 Å². The highest BCUT2D eigenvalue weighted by molar-refractivity contribution is 5.86. The Bertz CT molecular complexity index is 2910. The molecule has 3 heteroatoms. The fourth-order valence-corrected chi connectivity index (χ4v) is 10.1. The predicted molar refractivity (Wildman–Crippen MR) is 253 cm³/mol. The predicted octanol–water partition coefficient (Wildman–Crippen LogP) is 14.5. The molecule has 3 nitrogen and oxygen atoms in total. The van der Waals surface area contributed by atoms with E-state index in [1.54, 1.807) is 0 Å². The van der Waals surface area contributed by atoms with Gasteiger partial charge in [-0.05, 0) is 108 Å². The molecule has 2 aliphatic rings. The highest BCUT2D eigenvalue weighted by Crippen LogP contribution is 2.56. The Balaban J connectivity index is 1.18. The largest absolute Gasteiger partial charge is 0.208 e. The summed E-state index contributed by atoms with van der Waals surface area (Å²) in [7, 11) is 0. The molecular weight excluding hydrogens is 739 g/mol. The number of benzene rings is 7. The van der Waals surface area contributed by atoms with Gasteiger partial charge in [0.2, 0.25) is 0 Å². The molecule has 0 amide bonds. The lowest BCUT2D eigenvalue weighted by atomic mass is 9.63. The van der Waals surface area contributed by atoms with Crippen molar-refractivity contribution in [2.75, 3.05) is 0 Å². The lowest BCUT2D eigenvalue weighted by Crippen LogP contribution is -2.33. The van der Waals surface area contributed by atoms with Crippen LogP contribution in [0.4, 0.5) is 0 Å². The van der Waals surface area contributed by atoms with Crippen molar-refractivity contribution >= 4 is 0 Å². The van der Waals surface area contributed by atoms with E-state index in [9.17, 15) is 0 Å². The van der Waals surface area contributed by atoms with E-state index in [2.05, 4.69) is 212 Å². The van der Waals surface area contributed by atoms with Crippen molar-refractivity contribution in [3.63, 3.8) is 0 Å². The third-order valence-electron chi connectivity index (χ3n) is 13.6. The molecule has 0 saturated carbocycles. The van der Waals surface area contributed by atoms with Crippen molar-refractivity contribution in [2.45, 2.75) is 83.0 Å². The summed E-state index contributed by atoms with van der Waals surface area (Å²) in [5.74, 6) is 1.96. The molecule has 8 aromatic rings. The second kappa shape index (κ2) is 14.3. The molecule has 61 heavy (non-hydrogen) atoms. The van der Waals surface area contributed by atoms with E-state index in [4.69, 9.17) is 15.0 Å². The van der Waals surface area contributed by atoms with Crippen LogP contribution < -0.4 is 0 Å². The van der Waals surface area contributed by atoms with Crippen LogP contribution in [0.15, 0.2) is 170 Å². The molecule has 1 heterocycles. The van der Waals surface area contributed by atoms with E-state index >= 15 is 0 Å². The van der Waals surface area contributed by atoms with Gasteiger partial charge in [0.1, 0.15) is 0 Å². The third-order valence-corrected chi connectivity index (χ3v) is 13.6. The normalized spacial score (nSPS) is 15.7. The van der Waals surface area contributed by atoms with Gasteiger partial charge in [-0.25, -0.2) is 15.0 Å². The van der Waals surface area contributed by atoms with Crippen LogP contribution in [-0.4, -0.2) is 15.0 Å². The van der Waals surface area contributed by atoms with Crippen molar-refractivity contribution < 1.29 is 0 Å². The van der Waals surface area contributed by atoms with Crippen LogP contribution in [0.3, 0.4) is 0 Å². The maximum atomic E-state index is 5.40. The van der Waals surface area contributed by atoms with Gasteiger partial charge in [0.25, 0.3) is 0 Å². The second-order valence-electron chi connectivity index (χ2n) is 19.5. The van der Waals surface area contributed by atoms with Gasteiger partial charge >= 0.3 is 0 Å². The van der Waals surface area contributed by atoms with Crippen LogP contribution in [0.1, 0.15) is 100 Å².